The summed E-state index contributed by atoms with van der Waals surface area (Å²) in [4.78, 5) is 48.7. The Morgan fingerprint density at radius 2 is 0.645 bits per heavy atom. The second kappa shape index (κ2) is 58.6. The van der Waals surface area contributed by atoms with Gasteiger partial charge in [-0.3, -0.25) is 23.4 Å². The number of allylic oxidation sites excluding steroid dienone is 8. The monoisotopic (exact) mass is 1090 g/mol. The number of carbonyl (C=O) groups excluding carboxylic acids is 3. The number of carbonyl (C=O) groups is 3. The summed E-state index contributed by atoms with van der Waals surface area (Å²) in [5, 5.41) is 9.84. The molecule has 0 aromatic carbocycles. The third kappa shape index (κ3) is 56.2. The molecule has 0 heterocycles. The number of hydrogen-bond acceptors (Lipinski definition) is 10. The molecule has 11 nitrogen and oxygen atoms in total. The van der Waals surface area contributed by atoms with Crippen molar-refractivity contribution in [2.75, 3.05) is 26.4 Å². The van der Waals surface area contributed by atoms with E-state index < -0.39 is 57.8 Å². The van der Waals surface area contributed by atoms with E-state index in [-0.39, 0.29) is 25.9 Å². The van der Waals surface area contributed by atoms with Gasteiger partial charge in [-0.25, -0.2) is 4.57 Å². The lowest BCUT2D eigenvalue weighted by atomic mass is 10.0. The highest BCUT2D eigenvalue weighted by Crippen LogP contribution is 2.43. The molecule has 0 amide bonds. The van der Waals surface area contributed by atoms with Gasteiger partial charge in [-0.2, -0.15) is 0 Å². The molecule has 0 saturated carbocycles. The van der Waals surface area contributed by atoms with Crippen molar-refractivity contribution in [3.8, 4) is 0 Å². The number of unbranched alkanes of at least 4 members (excludes halogenated alkanes) is 34. The molecule has 0 aliphatic carbocycles. The first-order chi connectivity index (χ1) is 37.2. The summed E-state index contributed by atoms with van der Waals surface area (Å²) in [5.41, 5.74) is 0. The van der Waals surface area contributed by atoms with E-state index in [0.717, 1.165) is 89.9 Å². The maximum absolute atomic E-state index is 12.9. The van der Waals surface area contributed by atoms with Gasteiger partial charge in [-0.05, 0) is 83.5 Å². The standard InChI is InChI=1S/C64H117O11P/c1-4-7-10-13-16-19-22-25-28-30-33-35-38-41-44-47-50-53-62(66)71-57-61(75-64(68)55-52-49-46-43-40-37-34-31-29-26-23-20-17-14-11-8-5-2)59-73-76(69,70)72-58-60(56-65)74-63(67)54-51-48-45-42-39-36-32-27-24-21-18-15-12-9-6-3/h16-17,19-20,25-26,28-29,60-61,65H,4-15,18,21-24,27,30-59H2,1-3H3,(H,69,70)/b19-16-,20-17-,28-25-,29-26-. The van der Waals surface area contributed by atoms with E-state index in [4.69, 9.17) is 23.3 Å². The quantitative estimate of drug-likeness (QED) is 0.0197. The number of phosphoric acid groups is 1. The molecule has 0 saturated heterocycles. The first-order valence-corrected chi connectivity index (χ1v) is 33.0. The van der Waals surface area contributed by atoms with Gasteiger partial charge >= 0.3 is 25.7 Å². The minimum atomic E-state index is -4.75. The predicted molar refractivity (Wildman–Crippen MR) is 316 cm³/mol. The molecule has 0 radical (unpaired) electrons. The van der Waals surface area contributed by atoms with Gasteiger partial charge in [0, 0.05) is 19.3 Å². The zero-order valence-electron chi connectivity index (χ0n) is 49.2. The largest absolute Gasteiger partial charge is 0.472 e. The van der Waals surface area contributed by atoms with E-state index in [1.807, 2.05) is 0 Å². The van der Waals surface area contributed by atoms with E-state index >= 15 is 0 Å². The van der Waals surface area contributed by atoms with Crippen LogP contribution in [-0.2, 0) is 42.2 Å². The lowest BCUT2D eigenvalue weighted by Gasteiger charge is -2.21. The van der Waals surface area contributed by atoms with Crippen molar-refractivity contribution >= 4 is 25.7 Å². The van der Waals surface area contributed by atoms with Crippen LogP contribution in [0.1, 0.15) is 303 Å². The maximum Gasteiger partial charge on any atom is 0.472 e. The molecule has 0 fully saturated rings. The van der Waals surface area contributed by atoms with Gasteiger partial charge in [0.25, 0.3) is 0 Å². The van der Waals surface area contributed by atoms with Gasteiger partial charge < -0.3 is 24.2 Å². The number of aliphatic hydroxyl groups excluding tert-OH is 1. The number of rotatable bonds is 59. The fourth-order valence-corrected chi connectivity index (χ4v) is 9.67. The second-order valence-corrected chi connectivity index (χ2v) is 22.7. The lowest BCUT2D eigenvalue weighted by molar-refractivity contribution is -0.161. The molecule has 3 atom stereocenters. The summed E-state index contributed by atoms with van der Waals surface area (Å²) in [7, 11) is -4.75. The van der Waals surface area contributed by atoms with Crippen molar-refractivity contribution in [2.45, 2.75) is 315 Å². The summed E-state index contributed by atoms with van der Waals surface area (Å²) in [5.74, 6) is -1.46. The first-order valence-electron chi connectivity index (χ1n) is 31.5. The molecule has 0 bridgehead atoms. The van der Waals surface area contributed by atoms with E-state index in [0.29, 0.717) is 19.3 Å². The van der Waals surface area contributed by atoms with Crippen molar-refractivity contribution in [3.05, 3.63) is 48.6 Å². The number of hydrogen-bond donors (Lipinski definition) is 2. The Morgan fingerprint density at radius 1 is 0.368 bits per heavy atom. The Hall–Kier alpha value is -2.56. The van der Waals surface area contributed by atoms with Crippen LogP contribution in [0.5, 0.6) is 0 Å². The van der Waals surface area contributed by atoms with E-state index in [1.54, 1.807) is 0 Å². The van der Waals surface area contributed by atoms with Crippen LogP contribution in [0.3, 0.4) is 0 Å². The SMILES string of the molecule is CCCCC/C=C\C/C=C\CCCCCCCCCC(=O)OCC(COP(=O)(O)OCC(CO)OC(=O)CCCCCCCCCCCCCCCCC)OC(=O)CCCCCCCCC/C=C\C/C=C\CCCCC. The van der Waals surface area contributed by atoms with Crippen LogP contribution >= 0.6 is 7.82 Å². The number of esters is 3. The Labute approximate surface area is 466 Å². The fraction of sp³-hybridized carbons (Fsp3) is 0.828. The lowest BCUT2D eigenvalue weighted by Crippen LogP contribution is -2.30. The normalized spacial score (nSPS) is 13.6. The van der Waals surface area contributed by atoms with Crippen molar-refractivity contribution in [1.82, 2.24) is 0 Å². The number of phosphoric ester groups is 1. The average molecular weight is 1090 g/mol. The highest BCUT2D eigenvalue weighted by atomic mass is 31.2. The van der Waals surface area contributed by atoms with Crippen molar-refractivity contribution in [2.24, 2.45) is 0 Å². The summed E-state index contributed by atoms with van der Waals surface area (Å²) < 4.78 is 39.7. The molecule has 0 aliphatic rings. The van der Waals surface area contributed by atoms with Crippen LogP contribution < -0.4 is 0 Å². The zero-order chi connectivity index (χ0) is 55.5. The van der Waals surface area contributed by atoms with Crippen LogP contribution in [0.4, 0.5) is 0 Å². The topological polar surface area (TPSA) is 155 Å². The molecule has 0 aromatic rings. The van der Waals surface area contributed by atoms with Crippen molar-refractivity contribution in [3.63, 3.8) is 0 Å². The molecule has 76 heavy (non-hydrogen) atoms. The summed E-state index contributed by atoms with van der Waals surface area (Å²) >= 11 is 0. The Morgan fingerprint density at radius 3 is 1.00 bits per heavy atom. The third-order valence-corrected chi connectivity index (χ3v) is 14.7. The van der Waals surface area contributed by atoms with Crippen molar-refractivity contribution in [1.29, 1.82) is 0 Å². The number of aliphatic hydroxyl groups is 1. The van der Waals surface area contributed by atoms with E-state index in [9.17, 15) is 28.9 Å². The maximum atomic E-state index is 12.9. The minimum absolute atomic E-state index is 0.159. The Kier molecular flexibility index (Phi) is 56.6. The summed E-state index contributed by atoms with van der Waals surface area (Å²) in [6, 6.07) is 0. The molecule has 0 aromatic heterocycles. The molecule has 2 N–H and O–H groups in total. The summed E-state index contributed by atoms with van der Waals surface area (Å²) in [6.07, 6.45) is 63.4. The molecule has 444 valence electrons. The van der Waals surface area contributed by atoms with Gasteiger partial charge in [-0.1, -0.05) is 249 Å². The molecule has 0 rings (SSSR count). The van der Waals surface area contributed by atoms with Crippen molar-refractivity contribution < 1.29 is 52.2 Å². The van der Waals surface area contributed by atoms with E-state index in [2.05, 4.69) is 69.4 Å². The van der Waals surface area contributed by atoms with Crippen LogP contribution in [0.2, 0.25) is 0 Å². The van der Waals surface area contributed by atoms with Gasteiger partial charge in [-0.15, -0.1) is 0 Å². The average Bonchev–Trinajstić information content (AvgIpc) is 3.41. The molecule has 0 spiro atoms. The highest BCUT2D eigenvalue weighted by Gasteiger charge is 2.28. The molecular weight excluding hydrogens is 976 g/mol. The highest BCUT2D eigenvalue weighted by molar-refractivity contribution is 7.47. The summed E-state index contributed by atoms with van der Waals surface area (Å²) in [6.45, 7) is 4.63. The van der Waals surface area contributed by atoms with Gasteiger partial charge in [0.1, 0.15) is 12.7 Å². The molecule has 3 unspecified atom stereocenters. The molecule has 0 aliphatic heterocycles. The van der Waals surface area contributed by atoms with Gasteiger partial charge in [0.05, 0.1) is 19.8 Å². The zero-order valence-corrected chi connectivity index (χ0v) is 50.1. The van der Waals surface area contributed by atoms with Crippen LogP contribution in [0.15, 0.2) is 48.6 Å². The number of ether oxygens (including phenoxy) is 3. The second-order valence-electron chi connectivity index (χ2n) is 21.2. The molecular formula is C64H117O11P. The predicted octanol–water partition coefficient (Wildman–Crippen LogP) is 18.9. The van der Waals surface area contributed by atoms with E-state index in [1.165, 1.54) is 154 Å². The minimum Gasteiger partial charge on any atom is -0.462 e. The fourth-order valence-electron chi connectivity index (χ4n) is 8.89. The Bertz CT molecular complexity index is 1460. The van der Waals surface area contributed by atoms with Gasteiger partial charge in [0.2, 0.25) is 0 Å². The third-order valence-electron chi connectivity index (χ3n) is 13.7. The Balaban J connectivity index is 4.70. The van der Waals surface area contributed by atoms with Gasteiger partial charge in [0.15, 0.2) is 6.10 Å². The van der Waals surface area contributed by atoms with Crippen LogP contribution in [0.25, 0.3) is 0 Å². The smallest absolute Gasteiger partial charge is 0.462 e. The van der Waals surface area contributed by atoms with Crippen LogP contribution in [-0.4, -0.2) is 66.5 Å². The first kappa shape index (κ1) is 73.4. The van der Waals surface area contributed by atoms with Crippen LogP contribution in [0, 0.1) is 0 Å². The molecule has 12 heteroatoms.